The number of rotatable bonds is 3. The van der Waals surface area contributed by atoms with Crippen LogP contribution in [-0.2, 0) is 4.79 Å². The predicted octanol–water partition coefficient (Wildman–Crippen LogP) is 5.80. The molecule has 0 bridgehead atoms. The molecule has 1 aliphatic heterocycles. The molecule has 0 radical (unpaired) electrons. The summed E-state index contributed by atoms with van der Waals surface area (Å²) in [5, 5.41) is 0.227. The van der Waals surface area contributed by atoms with Gasteiger partial charge in [0.1, 0.15) is 5.75 Å². The molecule has 0 aliphatic carbocycles. The van der Waals surface area contributed by atoms with E-state index in [1.165, 1.54) is 0 Å². The number of halogens is 3. The molecule has 0 unspecified atom stereocenters. The Morgan fingerprint density at radius 3 is 2.28 bits per heavy atom. The Bertz CT molecular complexity index is 876. The third kappa shape index (κ3) is 3.99. The highest BCUT2D eigenvalue weighted by Gasteiger charge is 2.36. The minimum Gasteiger partial charge on any atom is -0.495 e. The fraction of sp³-hybridized carbons (Fsp3) is 0.0588. The van der Waals surface area contributed by atoms with E-state index in [1.807, 2.05) is 12.1 Å². The number of benzene rings is 2. The molecule has 0 aromatic heterocycles. The van der Waals surface area contributed by atoms with Gasteiger partial charge < -0.3 is 4.74 Å². The van der Waals surface area contributed by atoms with Crippen molar-refractivity contribution in [3.8, 4) is 5.75 Å². The first-order chi connectivity index (χ1) is 11.9. The number of anilines is 1. The number of hydrogen-bond donors (Lipinski definition) is 0. The van der Waals surface area contributed by atoms with Crippen LogP contribution in [0.3, 0.4) is 0 Å². The highest BCUT2D eigenvalue weighted by atomic mass is 127. The van der Waals surface area contributed by atoms with E-state index in [0.717, 1.165) is 35.1 Å². The lowest BCUT2D eigenvalue weighted by Crippen LogP contribution is -2.27. The van der Waals surface area contributed by atoms with Crippen LogP contribution < -0.4 is 9.64 Å². The highest BCUT2D eigenvalue weighted by molar-refractivity contribution is 14.1. The molecule has 25 heavy (non-hydrogen) atoms. The van der Waals surface area contributed by atoms with Crippen molar-refractivity contribution in [3.05, 3.63) is 59.0 Å². The van der Waals surface area contributed by atoms with E-state index >= 15 is 0 Å². The van der Waals surface area contributed by atoms with Crippen LogP contribution in [0, 0.1) is 7.14 Å². The van der Waals surface area contributed by atoms with Crippen molar-refractivity contribution < 1.29 is 14.3 Å². The van der Waals surface area contributed by atoms with Crippen LogP contribution in [-0.4, -0.2) is 18.3 Å². The predicted molar refractivity (Wildman–Crippen MR) is 118 cm³/mol. The van der Waals surface area contributed by atoms with E-state index in [9.17, 15) is 9.59 Å². The SMILES string of the molecule is COc1c(I)cc(/C=C2/SC(=O)N(c3ccc(Cl)cc3)C2=O)cc1I. The quantitative estimate of drug-likeness (QED) is 0.332. The first-order valence-electron chi connectivity index (χ1n) is 6.97. The van der Waals surface area contributed by atoms with Gasteiger partial charge in [-0.05, 0) is 105 Å². The van der Waals surface area contributed by atoms with Crippen LogP contribution in [0.4, 0.5) is 10.5 Å². The number of hydrogen-bond acceptors (Lipinski definition) is 4. The van der Waals surface area contributed by atoms with E-state index < -0.39 is 0 Å². The summed E-state index contributed by atoms with van der Waals surface area (Å²) >= 11 is 11.2. The number of nitrogens with zero attached hydrogens (tertiary/aromatic N) is 1. The first kappa shape index (κ1) is 19.0. The van der Waals surface area contributed by atoms with Crippen LogP contribution in [0.2, 0.25) is 5.02 Å². The number of amides is 2. The molecule has 3 rings (SSSR count). The van der Waals surface area contributed by atoms with Gasteiger partial charge >= 0.3 is 0 Å². The van der Waals surface area contributed by atoms with Crippen molar-refractivity contribution in [2.45, 2.75) is 0 Å². The molecular formula is C17H10ClI2NO3S. The van der Waals surface area contributed by atoms with Gasteiger partial charge in [-0.1, -0.05) is 11.6 Å². The van der Waals surface area contributed by atoms with Gasteiger partial charge in [-0.15, -0.1) is 0 Å². The molecule has 2 amide bonds. The van der Waals surface area contributed by atoms with E-state index in [4.69, 9.17) is 16.3 Å². The third-order valence-corrected chi connectivity index (χ3v) is 6.13. The minimum atomic E-state index is -0.335. The fourth-order valence-corrected chi connectivity index (χ4v) is 5.51. The second-order valence-corrected chi connectivity index (χ2v) is 8.77. The standard InChI is InChI=1S/C17H10ClI2NO3S/c1-24-15-12(19)6-9(7-13(15)20)8-14-16(22)21(17(23)25-14)11-4-2-10(18)3-5-11/h2-8H,1H3/b14-8+. The second kappa shape index (κ2) is 7.85. The van der Waals surface area contributed by atoms with E-state index in [0.29, 0.717) is 15.6 Å². The zero-order valence-corrected chi connectivity index (χ0v) is 18.6. The smallest absolute Gasteiger partial charge is 0.298 e. The summed E-state index contributed by atoms with van der Waals surface area (Å²) in [7, 11) is 1.62. The average Bonchev–Trinajstić information content (AvgIpc) is 2.82. The van der Waals surface area contributed by atoms with Crippen molar-refractivity contribution in [3.63, 3.8) is 0 Å². The van der Waals surface area contributed by atoms with Crippen molar-refractivity contribution in [2.24, 2.45) is 0 Å². The summed E-state index contributed by atoms with van der Waals surface area (Å²) < 4.78 is 7.22. The average molecular weight is 598 g/mol. The highest BCUT2D eigenvalue weighted by Crippen LogP contribution is 2.37. The molecule has 0 atom stereocenters. The molecule has 4 nitrogen and oxygen atoms in total. The summed E-state index contributed by atoms with van der Waals surface area (Å²) in [5.41, 5.74) is 1.35. The van der Waals surface area contributed by atoms with E-state index in [2.05, 4.69) is 45.2 Å². The number of ether oxygens (including phenoxy) is 1. The van der Waals surface area contributed by atoms with Gasteiger partial charge in [0.05, 0.1) is 24.8 Å². The zero-order valence-electron chi connectivity index (χ0n) is 12.8. The fourth-order valence-electron chi connectivity index (χ4n) is 2.29. The van der Waals surface area contributed by atoms with Crippen molar-refractivity contribution in [1.29, 1.82) is 0 Å². The monoisotopic (exact) mass is 597 g/mol. The molecule has 1 saturated heterocycles. The largest absolute Gasteiger partial charge is 0.495 e. The van der Waals surface area contributed by atoms with Crippen molar-refractivity contribution in [2.75, 3.05) is 12.0 Å². The lowest BCUT2D eigenvalue weighted by atomic mass is 10.2. The molecular weight excluding hydrogens is 588 g/mol. The van der Waals surface area contributed by atoms with Crippen LogP contribution in [0.1, 0.15) is 5.56 Å². The van der Waals surface area contributed by atoms with Gasteiger partial charge in [-0.2, -0.15) is 0 Å². The minimum absolute atomic E-state index is 0.323. The van der Waals surface area contributed by atoms with Crippen LogP contribution in [0.25, 0.3) is 6.08 Å². The Balaban J connectivity index is 1.94. The summed E-state index contributed by atoms with van der Waals surface area (Å²) in [6.45, 7) is 0. The van der Waals surface area contributed by atoms with E-state index in [-0.39, 0.29) is 11.1 Å². The van der Waals surface area contributed by atoms with Crippen LogP contribution in [0.5, 0.6) is 5.75 Å². The van der Waals surface area contributed by atoms with E-state index in [1.54, 1.807) is 37.5 Å². The molecule has 1 aliphatic rings. The van der Waals surface area contributed by atoms with Crippen molar-refractivity contribution in [1.82, 2.24) is 0 Å². The van der Waals surface area contributed by atoms with Crippen molar-refractivity contribution >= 4 is 91.5 Å². The Kier molecular flexibility index (Phi) is 5.96. The Labute approximate surface area is 181 Å². The first-order valence-corrected chi connectivity index (χ1v) is 10.3. The molecule has 1 fully saturated rings. The van der Waals surface area contributed by atoms with Gasteiger partial charge in [0, 0.05) is 5.02 Å². The Morgan fingerprint density at radius 2 is 1.72 bits per heavy atom. The molecule has 8 heteroatoms. The Hall–Kier alpha value is -0.780. The van der Waals surface area contributed by atoms with Crippen LogP contribution in [0.15, 0.2) is 41.3 Å². The number of thioether (sulfide) groups is 1. The topological polar surface area (TPSA) is 46.6 Å². The van der Waals surface area contributed by atoms with Gasteiger partial charge in [0.25, 0.3) is 11.1 Å². The van der Waals surface area contributed by atoms with Gasteiger partial charge in [-0.3, -0.25) is 9.59 Å². The van der Waals surface area contributed by atoms with Gasteiger partial charge in [0.2, 0.25) is 0 Å². The summed E-state index contributed by atoms with van der Waals surface area (Å²) in [6, 6.07) is 10.4. The maximum absolute atomic E-state index is 12.7. The summed E-state index contributed by atoms with van der Waals surface area (Å²) in [6.07, 6.45) is 1.73. The number of methoxy groups -OCH3 is 1. The van der Waals surface area contributed by atoms with Crippen LogP contribution >= 0.6 is 68.5 Å². The third-order valence-electron chi connectivity index (χ3n) is 3.40. The maximum Gasteiger partial charge on any atom is 0.298 e. The zero-order chi connectivity index (χ0) is 18.1. The van der Waals surface area contributed by atoms with Gasteiger partial charge in [-0.25, -0.2) is 4.90 Å². The molecule has 128 valence electrons. The number of carbonyl (C=O) groups is 2. The maximum atomic E-state index is 12.7. The second-order valence-electron chi connectivity index (χ2n) is 5.01. The normalized spacial score (nSPS) is 16.0. The number of imide groups is 1. The molecule has 1 heterocycles. The molecule has 0 spiro atoms. The lowest BCUT2D eigenvalue weighted by Gasteiger charge is -2.12. The molecule has 2 aromatic carbocycles. The molecule has 2 aromatic rings. The van der Waals surface area contributed by atoms with Gasteiger partial charge in [0.15, 0.2) is 0 Å². The summed E-state index contributed by atoms with van der Waals surface area (Å²) in [4.78, 5) is 26.5. The Morgan fingerprint density at radius 1 is 1.12 bits per heavy atom. The lowest BCUT2D eigenvalue weighted by molar-refractivity contribution is -0.113. The summed E-state index contributed by atoms with van der Waals surface area (Å²) in [5.74, 6) is 0.464. The molecule has 0 saturated carbocycles. The number of carbonyl (C=O) groups excluding carboxylic acids is 2. The molecule has 0 N–H and O–H groups in total.